The number of hydrogen-bond acceptors (Lipinski definition) is 0. The second kappa shape index (κ2) is 29.7. The Hall–Kier alpha value is -14.2. The maximum Gasteiger partial charge on any atom is 0.0491 e. The Kier molecular flexibility index (Phi) is 18.2. The van der Waals surface area contributed by atoms with Crippen molar-refractivity contribution < 1.29 is 0 Å². The number of aryl methyl sites for hydroxylation is 6. The summed E-state index contributed by atoms with van der Waals surface area (Å²) < 4.78 is 4.83. The number of para-hydroxylation sites is 2. The van der Waals surface area contributed by atoms with E-state index in [-0.39, 0.29) is 0 Å². The molecule has 0 aliphatic carbocycles. The molecule has 2 nitrogen and oxygen atoms in total. The third-order valence-electron chi connectivity index (χ3n) is 24.4. The Morgan fingerprint density at radius 3 is 0.733 bits per heavy atom. The first-order chi connectivity index (χ1) is 57.1. The van der Waals surface area contributed by atoms with E-state index in [1.807, 2.05) is 0 Å². The highest BCUT2D eigenvalue weighted by molar-refractivity contribution is 6.24. The Morgan fingerprint density at radius 1 is 0.155 bits per heavy atom. The lowest BCUT2D eigenvalue weighted by Gasteiger charge is -2.20. The highest BCUT2D eigenvalue weighted by atomic mass is 15.0. The van der Waals surface area contributed by atoms with Gasteiger partial charge in [-0.2, -0.15) is 0 Å². The largest absolute Gasteiger partial charge is 0.341 e. The molecule has 2 heterocycles. The van der Waals surface area contributed by atoms with E-state index in [0.29, 0.717) is 0 Å². The lowest BCUT2D eigenvalue weighted by molar-refractivity contribution is 0.827. The second-order valence-corrected chi connectivity index (χ2v) is 31.4. The number of fused-ring (bicyclic) bond motifs is 10. The van der Waals surface area contributed by atoms with Gasteiger partial charge in [-0.3, -0.25) is 0 Å². The molecular formula is C114H86N2. The van der Waals surface area contributed by atoms with E-state index in [2.05, 4.69) is 439 Å². The van der Waals surface area contributed by atoms with Crippen LogP contribution >= 0.6 is 0 Å². The van der Waals surface area contributed by atoms with Crippen LogP contribution in [-0.4, -0.2) is 9.13 Å². The molecule has 2 aromatic heterocycles. The summed E-state index contributed by atoms with van der Waals surface area (Å²) in [6, 6.07) is 144. The number of benzene rings is 19. The number of hydrogen-bond donors (Lipinski definition) is 0. The fourth-order valence-corrected chi connectivity index (χ4v) is 18.5. The molecule has 0 saturated heterocycles. The molecule has 0 aliphatic rings. The number of nitrogens with zero attached hydrogens (tertiary/aromatic N) is 2. The van der Waals surface area contributed by atoms with Crippen molar-refractivity contribution in [1.29, 1.82) is 0 Å². The average Bonchev–Trinajstić information content (AvgIpc) is 1.05. The highest BCUT2D eigenvalue weighted by Crippen LogP contribution is 2.49. The summed E-state index contributed by atoms with van der Waals surface area (Å²) in [5.74, 6) is 0. The Balaban J connectivity index is 0.000000171. The molecule has 0 N–H and O–H groups in total. The Morgan fingerprint density at radius 2 is 0.379 bits per heavy atom. The summed E-state index contributed by atoms with van der Waals surface area (Å²) in [7, 11) is 0. The van der Waals surface area contributed by atoms with E-state index >= 15 is 0 Å². The molecule has 552 valence electrons. The summed E-state index contributed by atoms with van der Waals surface area (Å²) >= 11 is 0. The molecule has 0 saturated carbocycles. The van der Waals surface area contributed by atoms with E-state index in [9.17, 15) is 0 Å². The van der Waals surface area contributed by atoms with Gasteiger partial charge in [0, 0.05) is 56.7 Å². The average molecular weight is 1480 g/mol. The lowest BCUT2D eigenvalue weighted by atomic mass is 9.83. The van der Waals surface area contributed by atoms with Crippen LogP contribution in [0.1, 0.15) is 36.1 Å². The van der Waals surface area contributed by atoms with Crippen LogP contribution in [0.5, 0.6) is 0 Å². The molecular weight excluding hydrogens is 1400 g/mol. The van der Waals surface area contributed by atoms with Crippen LogP contribution in [0.2, 0.25) is 0 Å². The van der Waals surface area contributed by atoms with Crippen LogP contribution < -0.4 is 0 Å². The van der Waals surface area contributed by atoms with Crippen LogP contribution in [0.4, 0.5) is 0 Å². The van der Waals surface area contributed by atoms with E-state index in [4.69, 9.17) is 0 Å². The van der Waals surface area contributed by atoms with Gasteiger partial charge in [-0.15, -0.1) is 0 Å². The zero-order valence-corrected chi connectivity index (χ0v) is 66.3. The molecule has 19 aromatic carbocycles. The van der Waals surface area contributed by atoms with Crippen LogP contribution in [0.3, 0.4) is 0 Å². The molecule has 0 atom stereocenters. The minimum absolute atomic E-state index is 0.944. The van der Waals surface area contributed by atoms with Crippen LogP contribution in [-0.2, 0) is 13.1 Å². The zero-order valence-electron chi connectivity index (χ0n) is 66.3. The van der Waals surface area contributed by atoms with Crippen molar-refractivity contribution in [2.45, 2.75) is 54.6 Å². The first-order valence-electron chi connectivity index (χ1n) is 40.9. The Bertz CT molecular complexity index is 7360. The van der Waals surface area contributed by atoms with Gasteiger partial charge in [0.2, 0.25) is 0 Å². The molecule has 0 fully saturated rings. The van der Waals surface area contributed by atoms with Gasteiger partial charge in [0.05, 0.1) is 0 Å². The molecule has 21 rings (SSSR count). The van der Waals surface area contributed by atoms with Gasteiger partial charge < -0.3 is 9.13 Å². The van der Waals surface area contributed by atoms with Gasteiger partial charge in [-0.05, 0) is 267 Å². The number of rotatable bonds is 13. The van der Waals surface area contributed by atoms with E-state index in [1.54, 1.807) is 0 Å². The minimum atomic E-state index is 0.944. The van der Waals surface area contributed by atoms with E-state index < -0.39 is 0 Å². The van der Waals surface area contributed by atoms with Crippen LogP contribution in [0.15, 0.2) is 388 Å². The maximum absolute atomic E-state index is 2.43. The van der Waals surface area contributed by atoms with Gasteiger partial charge in [0.15, 0.2) is 0 Å². The standard InChI is InChI=1S/C72H53N.C42H33N/c1-4-73-69-19-9-8-18-63(69)66-44-60(38-41-70(66)73)55-26-24-52(25-27-55)54-30-34-57(35-31-54)72-65-40-37-61(58-16-10-12-47(2)42-58)45-67(65)71(64-39-36-62(46-68(64)72)59-17-11-13-48(3)43-59)56-32-28-53(29-33-56)51-22-20-50(21-23-51)49-14-6-5-7-15-49;1-4-43-39-17-11-10-14-33(39)36-26-32(22-23-40(36)43)29-18-20-31(21-19-29)42-35-16-9-8-15-34(35)41(30-12-6-5-7-13-30)37-24-27(2)28(3)25-38(37)42/h5-46H,4H2,1-3H3;5-26H,4H2,1-3H3. The monoisotopic (exact) mass is 1480 g/mol. The summed E-state index contributed by atoms with van der Waals surface area (Å²) in [5, 5.41) is 15.4. The van der Waals surface area contributed by atoms with Crippen LogP contribution in [0, 0.1) is 27.7 Å². The SMILES string of the molecule is CCn1c2ccccc2c2cc(-c3ccc(-c4c5ccccc5c(-c5ccccc5)c5cc(C)c(C)cc45)cc3)ccc21.CCn1c2ccccc2c2cc(-c3ccc(-c4ccc(-c5c6ccc(-c7cccc(C)c7)cc6c(-c6ccc(-c7ccc(-c8ccccc8)cc7)cc6)c6ccc(-c7cccc(C)c7)cc56)cc4)cc3)ccc21. The quantitative estimate of drug-likeness (QED) is 0.102. The predicted octanol–water partition coefficient (Wildman–Crippen LogP) is 31.8. The van der Waals surface area contributed by atoms with Crippen molar-refractivity contribution in [3.05, 3.63) is 411 Å². The molecule has 0 spiro atoms. The topological polar surface area (TPSA) is 9.86 Å². The van der Waals surface area contributed by atoms with Crippen molar-refractivity contribution >= 4 is 86.7 Å². The van der Waals surface area contributed by atoms with E-state index in [0.717, 1.165) is 13.1 Å². The second-order valence-electron chi connectivity index (χ2n) is 31.4. The molecule has 0 unspecified atom stereocenters. The molecule has 116 heavy (non-hydrogen) atoms. The van der Waals surface area contributed by atoms with Gasteiger partial charge in [-0.25, -0.2) is 0 Å². The summed E-state index contributed by atoms with van der Waals surface area (Å²) in [5.41, 5.74) is 37.4. The third-order valence-corrected chi connectivity index (χ3v) is 24.4. The highest BCUT2D eigenvalue weighted by Gasteiger charge is 2.23. The van der Waals surface area contributed by atoms with Crippen molar-refractivity contribution in [1.82, 2.24) is 9.13 Å². The molecule has 21 aromatic rings. The maximum atomic E-state index is 2.43. The fraction of sp³-hybridized carbons (Fsp3) is 0.0702. The molecule has 0 bridgehead atoms. The van der Waals surface area contributed by atoms with Gasteiger partial charge in [-0.1, -0.05) is 351 Å². The zero-order chi connectivity index (χ0) is 78.1. The normalized spacial score (nSPS) is 11.6. The first kappa shape index (κ1) is 70.9. The smallest absolute Gasteiger partial charge is 0.0491 e. The van der Waals surface area contributed by atoms with Crippen molar-refractivity contribution in [2.24, 2.45) is 0 Å². The number of aromatic nitrogens is 2. The molecule has 0 aliphatic heterocycles. The van der Waals surface area contributed by atoms with Gasteiger partial charge in [0.25, 0.3) is 0 Å². The summed E-state index contributed by atoms with van der Waals surface area (Å²) in [6.45, 7) is 15.2. The van der Waals surface area contributed by atoms with Crippen molar-refractivity contribution in [2.75, 3.05) is 0 Å². The minimum Gasteiger partial charge on any atom is -0.341 e. The van der Waals surface area contributed by atoms with E-state index in [1.165, 1.54) is 231 Å². The van der Waals surface area contributed by atoms with Crippen molar-refractivity contribution in [3.63, 3.8) is 0 Å². The van der Waals surface area contributed by atoms with Gasteiger partial charge in [0.1, 0.15) is 0 Å². The third kappa shape index (κ3) is 12.7. The molecule has 2 heteroatoms. The first-order valence-corrected chi connectivity index (χ1v) is 40.9. The van der Waals surface area contributed by atoms with Crippen LogP contribution in [0.25, 0.3) is 209 Å². The summed E-state index contributed by atoms with van der Waals surface area (Å²) in [4.78, 5) is 0. The lowest BCUT2D eigenvalue weighted by Crippen LogP contribution is -1.93. The molecule has 0 amide bonds. The fourth-order valence-electron chi connectivity index (χ4n) is 18.5. The predicted molar refractivity (Wildman–Crippen MR) is 499 cm³/mol. The Labute approximate surface area is 678 Å². The molecule has 0 radical (unpaired) electrons. The summed E-state index contributed by atoms with van der Waals surface area (Å²) in [6.07, 6.45) is 0. The van der Waals surface area contributed by atoms with Crippen molar-refractivity contribution in [3.8, 4) is 122 Å². The van der Waals surface area contributed by atoms with Gasteiger partial charge >= 0.3 is 0 Å².